The largest absolute Gasteiger partial charge is 0.493 e. The van der Waals surface area contributed by atoms with Crippen LogP contribution in [0.5, 0.6) is 5.75 Å². The molecule has 1 amide bonds. The van der Waals surface area contributed by atoms with E-state index in [1.165, 1.54) is 6.42 Å². The highest BCUT2D eigenvalue weighted by Gasteiger charge is 2.55. The van der Waals surface area contributed by atoms with Crippen molar-refractivity contribution in [3.8, 4) is 5.75 Å². The molecule has 4 rings (SSSR count). The van der Waals surface area contributed by atoms with E-state index in [1.54, 1.807) is 4.90 Å². The molecule has 0 aromatic heterocycles. The Kier molecular flexibility index (Phi) is 4.61. The van der Waals surface area contributed by atoms with Crippen molar-refractivity contribution in [3.63, 3.8) is 0 Å². The molecular weight excluding hydrogens is 332 g/mol. The van der Waals surface area contributed by atoms with Crippen molar-refractivity contribution in [1.82, 2.24) is 9.80 Å². The van der Waals surface area contributed by atoms with Crippen LogP contribution in [0.2, 0.25) is 0 Å². The average Bonchev–Trinajstić information content (AvgIpc) is 2.94. The van der Waals surface area contributed by atoms with Gasteiger partial charge in [-0.2, -0.15) is 0 Å². The van der Waals surface area contributed by atoms with Crippen LogP contribution >= 0.6 is 0 Å². The molecule has 26 heavy (non-hydrogen) atoms. The Morgan fingerprint density at radius 1 is 1.19 bits per heavy atom. The van der Waals surface area contributed by atoms with Crippen molar-refractivity contribution in [2.24, 2.45) is 11.3 Å². The third-order valence-electron chi connectivity index (χ3n) is 6.20. The van der Waals surface area contributed by atoms with E-state index in [-0.39, 0.29) is 18.4 Å². The molecule has 2 fully saturated rings. The first kappa shape index (κ1) is 17.3. The van der Waals surface area contributed by atoms with Crippen LogP contribution < -0.4 is 4.74 Å². The standard InChI is InChI=1S/C20H26N2O4/c23-18(12-21-8-4-1-5-9-21)22-11-16-13-26-17-7-3-2-6-15(17)10-20(16,14-22)19(24)25/h2-3,6-7,16H,1,4-5,8-14H2,(H,24,25)/t16-,20+/m0/s1. The molecule has 6 heteroatoms. The van der Waals surface area contributed by atoms with E-state index in [9.17, 15) is 14.7 Å². The van der Waals surface area contributed by atoms with Crippen molar-refractivity contribution >= 4 is 11.9 Å². The number of carbonyl (C=O) groups is 2. The first-order valence-corrected chi connectivity index (χ1v) is 9.53. The molecule has 2 atom stereocenters. The van der Waals surface area contributed by atoms with E-state index in [0.717, 1.165) is 37.2 Å². The number of para-hydroxylation sites is 1. The Bertz CT molecular complexity index is 701. The predicted octanol–water partition coefficient (Wildman–Crippen LogP) is 1.64. The number of nitrogens with zero attached hydrogens (tertiary/aromatic N) is 2. The number of hydrogen-bond acceptors (Lipinski definition) is 4. The monoisotopic (exact) mass is 358 g/mol. The number of carboxylic acids is 1. The lowest BCUT2D eigenvalue weighted by atomic mass is 9.74. The predicted molar refractivity (Wildman–Crippen MR) is 96.1 cm³/mol. The molecule has 3 aliphatic rings. The molecular formula is C20H26N2O4. The van der Waals surface area contributed by atoms with Crippen LogP contribution in [0.4, 0.5) is 0 Å². The zero-order chi connectivity index (χ0) is 18.1. The number of carbonyl (C=O) groups excluding carboxylic acids is 1. The number of fused-ring (bicyclic) bond motifs is 2. The van der Waals surface area contributed by atoms with Gasteiger partial charge >= 0.3 is 5.97 Å². The summed E-state index contributed by atoms with van der Waals surface area (Å²) in [6.45, 7) is 3.41. The number of ether oxygens (including phenoxy) is 1. The fraction of sp³-hybridized carbons (Fsp3) is 0.600. The Hall–Kier alpha value is -2.08. The van der Waals surface area contributed by atoms with E-state index in [2.05, 4.69) is 4.90 Å². The topological polar surface area (TPSA) is 70.1 Å². The van der Waals surface area contributed by atoms with Crippen molar-refractivity contribution < 1.29 is 19.4 Å². The van der Waals surface area contributed by atoms with E-state index < -0.39 is 11.4 Å². The van der Waals surface area contributed by atoms with Gasteiger partial charge in [-0.1, -0.05) is 24.6 Å². The molecule has 0 radical (unpaired) electrons. The Labute approximate surface area is 153 Å². The van der Waals surface area contributed by atoms with Gasteiger partial charge in [0.1, 0.15) is 5.75 Å². The molecule has 0 aliphatic carbocycles. The van der Waals surface area contributed by atoms with Gasteiger partial charge in [-0.15, -0.1) is 0 Å². The second kappa shape index (κ2) is 6.91. The second-order valence-electron chi connectivity index (χ2n) is 7.86. The van der Waals surface area contributed by atoms with E-state index in [0.29, 0.717) is 26.1 Å². The first-order valence-electron chi connectivity index (χ1n) is 9.53. The minimum absolute atomic E-state index is 0.0499. The fourth-order valence-electron chi connectivity index (χ4n) is 4.63. The highest BCUT2D eigenvalue weighted by atomic mass is 16.5. The lowest BCUT2D eigenvalue weighted by molar-refractivity contribution is -0.151. The van der Waals surface area contributed by atoms with Crippen LogP contribution in [0.25, 0.3) is 0 Å². The molecule has 0 spiro atoms. The van der Waals surface area contributed by atoms with E-state index >= 15 is 0 Å². The molecule has 1 N–H and O–H groups in total. The summed E-state index contributed by atoms with van der Waals surface area (Å²) >= 11 is 0. The molecule has 0 saturated carbocycles. The van der Waals surface area contributed by atoms with Gasteiger partial charge in [-0.05, 0) is 44.0 Å². The third kappa shape index (κ3) is 3.07. The Morgan fingerprint density at radius 2 is 1.96 bits per heavy atom. The van der Waals surface area contributed by atoms with Crippen molar-refractivity contribution in [3.05, 3.63) is 29.8 Å². The summed E-state index contributed by atoms with van der Waals surface area (Å²) in [5.74, 6) is -0.184. The molecule has 6 nitrogen and oxygen atoms in total. The molecule has 3 heterocycles. The fourth-order valence-corrected chi connectivity index (χ4v) is 4.63. The van der Waals surface area contributed by atoms with Gasteiger partial charge in [0.2, 0.25) is 5.91 Å². The van der Waals surface area contributed by atoms with Crippen molar-refractivity contribution in [2.75, 3.05) is 39.3 Å². The lowest BCUT2D eigenvalue weighted by Crippen LogP contribution is -2.44. The lowest BCUT2D eigenvalue weighted by Gasteiger charge is -2.29. The average molecular weight is 358 g/mol. The maximum atomic E-state index is 12.8. The van der Waals surface area contributed by atoms with Crippen molar-refractivity contribution in [2.45, 2.75) is 25.7 Å². The highest BCUT2D eigenvalue weighted by Crippen LogP contribution is 2.44. The van der Waals surface area contributed by atoms with Gasteiger partial charge in [0, 0.05) is 19.0 Å². The zero-order valence-corrected chi connectivity index (χ0v) is 15.0. The van der Waals surface area contributed by atoms with Crippen LogP contribution in [0.3, 0.4) is 0 Å². The molecule has 3 aliphatic heterocycles. The summed E-state index contributed by atoms with van der Waals surface area (Å²) in [5.41, 5.74) is -0.0350. The zero-order valence-electron chi connectivity index (χ0n) is 15.0. The van der Waals surface area contributed by atoms with E-state index in [4.69, 9.17) is 4.74 Å². The summed E-state index contributed by atoms with van der Waals surface area (Å²) in [5, 5.41) is 10.1. The number of aliphatic carboxylic acids is 1. The highest BCUT2D eigenvalue weighted by molar-refractivity contribution is 5.82. The Balaban J connectivity index is 1.53. The second-order valence-corrected chi connectivity index (χ2v) is 7.86. The number of amides is 1. The maximum Gasteiger partial charge on any atom is 0.312 e. The van der Waals surface area contributed by atoms with Crippen LogP contribution in [-0.4, -0.2) is 66.1 Å². The van der Waals surface area contributed by atoms with Crippen LogP contribution in [0.1, 0.15) is 24.8 Å². The van der Waals surface area contributed by atoms with Gasteiger partial charge in [-0.3, -0.25) is 14.5 Å². The summed E-state index contributed by atoms with van der Waals surface area (Å²) in [7, 11) is 0. The Morgan fingerprint density at radius 3 is 2.73 bits per heavy atom. The smallest absolute Gasteiger partial charge is 0.312 e. The molecule has 0 unspecified atom stereocenters. The maximum absolute atomic E-state index is 12.8. The molecule has 1 aromatic rings. The van der Waals surface area contributed by atoms with E-state index in [1.807, 2.05) is 24.3 Å². The van der Waals surface area contributed by atoms with Crippen LogP contribution in [-0.2, 0) is 16.0 Å². The SMILES string of the molecule is O=C(CN1CCCCC1)N1C[C@H]2COc3ccccc3C[C@@]2(C(=O)O)C1. The van der Waals surface area contributed by atoms with Gasteiger partial charge in [0.15, 0.2) is 0 Å². The van der Waals surface area contributed by atoms with Gasteiger partial charge in [-0.25, -0.2) is 0 Å². The third-order valence-corrected chi connectivity index (χ3v) is 6.20. The number of rotatable bonds is 3. The van der Waals surface area contributed by atoms with Crippen molar-refractivity contribution in [1.29, 1.82) is 0 Å². The number of piperidine rings is 1. The molecule has 1 aromatic carbocycles. The first-order chi connectivity index (χ1) is 12.6. The van der Waals surface area contributed by atoms with Gasteiger partial charge < -0.3 is 14.7 Å². The number of benzene rings is 1. The number of carboxylic acid groups (broad SMARTS) is 1. The van der Waals surface area contributed by atoms with Crippen LogP contribution in [0.15, 0.2) is 24.3 Å². The molecule has 140 valence electrons. The normalized spacial score (nSPS) is 28.6. The number of hydrogen-bond donors (Lipinski definition) is 1. The molecule has 2 saturated heterocycles. The van der Waals surface area contributed by atoms with Gasteiger partial charge in [0.05, 0.1) is 18.6 Å². The summed E-state index contributed by atoms with van der Waals surface area (Å²) in [6.07, 6.45) is 3.92. The quantitative estimate of drug-likeness (QED) is 0.889. The summed E-state index contributed by atoms with van der Waals surface area (Å²) in [4.78, 5) is 29.0. The minimum Gasteiger partial charge on any atom is -0.493 e. The van der Waals surface area contributed by atoms with Gasteiger partial charge in [0.25, 0.3) is 0 Å². The molecule has 0 bridgehead atoms. The summed E-state index contributed by atoms with van der Waals surface area (Å²) in [6, 6.07) is 7.64. The summed E-state index contributed by atoms with van der Waals surface area (Å²) < 4.78 is 5.90. The van der Waals surface area contributed by atoms with Crippen LogP contribution in [0, 0.1) is 11.3 Å². The number of likely N-dealkylation sites (tertiary alicyclic amines) is 2. The minimum atomic E-state index is -0.954.